The zero-order chi connectivity index (χ0) is 26.8. The van der Waals surface area contributed by atoms with Crippen LogP contribution in [0.1, 0.15) is 53.2 Å². The molecule has 1 aliphatic carbocycles. The van der Waals surface area contributed by atoms with Crippen molar-refractivity contribution in [2.45, 2.75) is 50.9 Å². The molecule has 2 heterocycles. The second kappa shape index (κ2) is 10.7. The molecule has 4 rings (SSSR count). The molecule has 2 aromatic rings. The lowest BCUT2D eigenvalue weighted by Crippen LogP contribution is -2.26. The van der Waals surface area contributed by atoms with Crippen LogP contribution in [0.25, 0.3) is 0 Å². The Labute approximate surface area is 211 Å². The molecule has 2 amide bonds. The smallest absolute Gasteiger partial charge is 0.491 e. The first kappa shape index (κ1) is 26.9. The summed E-state index contributed by atoms with van der Waals surface area (Å²) in [6.45, 7) is -0.470. The van der Waals surface area contributed by atoms with Gasteiger partial charge in [0.2, 0.25) is 5.91 Å². The quantitative estimate of drug-likeness (QED) is 0.488. The van der Waals surface area contributed by atoms with E-state index >= 15 is 0 Å². The number of halogens is 3. The van der Waals surface area contributed by atoms with Crippen LogP contribution in [0, 0.1) is 0 Å². The van der Waals surface area contributed by atoms with E-state index in [4.69, 9.17) is 4.74 Å². The molecule has 1 saturated carbocycles. The number of amides is 2. The molecule has 1 fully saturated rings. The second-order valence-corrected chi connectivity index (χ2v) is 11.2. The third-order valence-corrected chi connectivity index (χ3v) is 6.59. The van der Waals surface area contributed by atoms with E-state index in [0.717, 1.165) is 24.7 Å². The van der Waals surface area contributed by atoms with Crippen molar-refractivity contribution in [3.63, 3.8) is 0 Å². The Kier molecular flexibility index (Phi) is 7.78. The Bertz CT molecular complexity index is 1290. The molecule has 0 unspecified atom stereocenters. The lowest BCUT2D eigenvalue weighted by atomic mass is 10.1. The van der Waals surface area contributed by atoms with E-state index in [1.807, 2.05) is 12.1 Å². The summed E-state index contributed by atoms with van der Waals surface area (Å²) in [5.74, 6) is -1.46. The predicted octanol–water partition coefficient (Wildman–Crippen LogP) is 3.25. The Morgan fingerprint density at radius 2 is 2.08 bits per heavy atom. The molecule has 10 nitrogen and oxygen atoms in total. The van der Waals surface area contributed by atoms with Gasteiger partial charge >= 0.3 is 6.36 Å². The van der Waals surface area contributed by atoms with Gasteiger partial charge in [-0.2, -0.15) is 5.10 Å². The SMILES string of the molecule is CS(=O)(=O)CC(=O)Nc1c2c(nn1CCCOC(F)(F)F)CCCOc1cc(C3CC3)ccc1NC2=O. The largest absolute Gasteiger partial charge is 0.522 e. The molecule has 37 heavy (non-hydrogen) atoms. The maximum Gasteiger partial charge on any atom is 0.522 e. The summed E-state index contributed by atoms with van der Waals surface area (Å²) in [6, 6.07) is 5.54. The number of ether oxygens (including phenoxy) is 2. The number of hydrogen-bond acceptors (Lipinski definition) is 7. The van der Waals surface area contributed by atoms with Crippen molar-refractivity contribution in [2.75, 3.05) is 35.9 Å². The molecule has 1 aromatic heterocycles. The predicted molar refractivity (Wildman–Crippen MR) is 127 cm³/mol. The lowest BCUT2D eigenvalue weighted by molar-refractivity contribution is -0.324. The number of sulfone groups is 1. The summed E-state index contributed by atoms with van der Waals surface area (Å²) < 4.78 is 71.2. The molecule has 0 spiro atoms. The van der Waals surface area contributed by atoms with Crippen molar-refractivity contribution in [1.82, 2.24) is 9.78 Å². The molecular weight excluding hydrogens is 517 g/mol. The Hall–Kier alpha value is -3.13. The third kappa shape index (κ3) is 7.44. The molecule has 0 bridgehead atoms. The number of rotatable bonds is 8. The highest BCUT2D eigenvalue weighted by Crippen LogP contribution is 2.43. The number of alkyl halides is 3. The number of hydrogen-bond donors (Lipinski definition) is 2. The Morgan fingerprint density at radius 3 is 2.76 bits per heavy atom. The fourth-order valence-corrected chi connectivity index (χ4v) is 4.61. The first-order valence-corrected chi connectivity index (χ1v) is 13.8. The number of nitrogens with one attached hydrogen (secondary N) is 2. The van der Waals surface area contributed by atoms with Gasteiger partial charge in [0.25, 0.3) is 5.91 Å². The van der Waals surface area contributed by atoms with Gasteiger partial charge in [-0.3, -0.25) is 14.3 Å². The van der Waals surface area contributed by atoms with E-state index < -0.39 is 40.4 Å². The summed E-state index contributed by atoms with van der Waals surface area (Å²) in [5, 5.41) is 9.57. The number of carbonyl (C=O) groups excluding carboxylic acids is 2. The molecule has 1 aromatic carbocycles. The van der Waals surface area contributed by atoms with Crippen molar-refractivity contribution in [2.24, 2.45) is 0 Å². The van der Waals surface area contributed by atoms with Crippen LogP contribution in [0.15, 0.2) is 18.2 Å². The molecule has 14 heteroatoms. The topological polar surface area (TPSA) is 129 Å². The zero-order valence-electron chi connectivity index (χ0n) is 20.1. The van der Waals surface area contributed by atoms with E-state index in [-0.39, 0.29) is 30.8 Å². The number of aromatic nitrogens is 2. The number of carbonyl (C=O) groups is 2. The van der Waals surface area contributed by atoms with Gasteiger partial charge in [0, 0.05) is 12.8 Å². The molecular formula is C23H27F3N4O6S. The van der Waals surface area contributed by atoms with Crippen LogP contribution < -0.4 is 15.4 Å². The maximum atomic E-state index is 13.4. The second-order valence-electron chi connectivity index (χ2n) is 9.10. The van der Waals surface area contributed by atoms with E-state index in [0.29, 0.717) is 36.1 Å². The average molecular weight is 545 g/mol. The van der Waals surface area contributed by atoms with E-state index in [2.05, 4.69) is 20.5 Å². The van der Waals surface area contributed by atoms with Crippen LogP contribution in [0.4, 0.5) is 24.7 Å². The van der Waals surface area contributed by atoms with Crippen LogP contribution in [0.2, 0.25) is 0 Å². The number of nitrogens with zero attached hydrogens (tertiary/aromatic N) is 2. The van der Waals surface area contributed by atoms with Crippen LogP contribution in [-0.4, -0.2) is 61.6 Å². The molecule has 2 aliphatic rings. The van der Waals surface area contributed by atoms with Gasteiger partial charge in [-0.05, 0) is 55.7 Å². The Morgan fingerprint density at radius 1 is 1.32 bits per heavy atom. The van der Waals surface area contributed by atoms with Gasteiger partial charge in [0.05, 0.1) is 24.6 Å². The van der Waals surface area contributed by atoms with Crippen LogP contribution in [0.5, 0.6) is 5.75 Å². The van der Waals surface area contributed by atoms with E-state index in [1.54, 1.807) is 6.07 Å². The molecule has 2 N–H and O–H groups in total. The lowest BCUT2D eigenvalue weighted by Gasteiger charge is -2.17. The molecule has 0 atom stereocenters. The summed E-state index contributed by atoms with van der Waals surface area (Å²) in [5.41, 5.74) is 1.85. The van der Waals surface area contributed by atoms with E-state index in [1.165, 1.54) is 4.68 Å². The van der Waals surface area contributed by atoms with Crippen LogP contribution in [-0.2, 0) is 32.3 Å². The van der Waals surface area contributed by atoms with Gasteiger partial charge in [0.15, 0.2) is 9.84 Å². The Balaban J connectivity index is 1.64. The maximum absolute atomic E-state index is 13.4. The molecule has 0 radical (unpaired) electrons. The summed E-state index contributed by atoms with van der Waals surface area (Å²) >= 11 is 0. The van der Waals surface area contributed by atoms with Gasteiger partial charge < -0.3 is 15.4 Å². The van der Waals surface area contributed by atoms with Gasteiger partial charge in [-0.1, -0.05) is 6.07 Å². The fraction of sp³-hybridized carbons (Fsp3) is 0.522. The summed E-state index contributed by atoms with van der Waals surface area (Å²) in [7, 11) is -3.69. The minimum atomic E-state index is -4.80. The van der Waals surface area contributed by atoms with Crippen molar-refractivity contribution < 1.29 is 40.7 Å². The van der Waals surface area contributed by atoms with E-state index in [9.17, 15) is 31.2 Å². The third-order valence-electron chi connectivity index (χ3n) is 5.80. The molecule has 0 saturated heterocycles. The van der Waals surface area contributed by atoms with Crippen molar-refractivity contribution in [3.8, 4) is 5.75 Å². The summed E-state index contributed by atoms with van der Waals surface area (Å²) in [6.07, 6.45) is -1.10. The van der Waals surface area contributed by atoms with Gasteiger partial charge in [0.1, 0.15) is 22.9 Å². The first-order chi connectivity index (χ1) is 17.4. The highest BCUT2D eigenvalue weighted by Gasteiger charge is 2.30. The van der Waals surface area contributed by atoms with Crippen molar-refractivity contribution >= 4 is 33.2 Å². The highest BCUT2D eigenvalue weighted by molar-refractivity contribution is 7.91. The van der Waals surface area contributed by atoms with Crippen LogP contribution in [0.3, 0.4) is 0 Å². The minimum absolute atomic E-state index is 0.0118. The molecule has 1 aliphatic heterocycles. The summed E-state index contributed by atoms with van der Waals surface area (Å²) in [4.78, 5) is 25.9. The highest BCUT2D eigenvalue weighted by atomic mass is 32.2. The standard InChI is InChI=1S/C23H27F3N4O6S/c1-37(33,34)13-19(31)28-21-20-17(29-30(21)9-3-11-36-23(24,25)26)4-2-10-35-18-12-15(14-5-6-14)7-8-16(18)27-22(20)32/h7-8,12,14H,2-6,9-11,13H2,1H3,(H,27,32)(H,28,31). The van der Waals surface area contributed by atoms with Crippen LogP contribution >= 0.6 is 0 Å². The minimum Gasteiger partial charge on any atom is -0.491 e. The van der Waals surface area contributed by atoms with Gasteiger partial charge in [-0.25, -0.2) is 13.1 Å². The number of benzene rings is 1. The first-order valence-electron chi connectivity index (χ1n) is 11.8. The number of aryl methyl sites for hydroxylation is 2. The molecule has 202 valence electrons. The normalized spacial score (nSPS) is 16.3. The van der Waals surface area contributed by atoms with Gasteiger partial charge in [-0.15, -0.1) is 13.2 Å². The monoisotopic (exact) mass is 544 g/mol. The number of fused-ring (bicyclic) bond motifs is 2. The van der Waals surface area contributed by atoms with Crippen molar-refractivity contribution in [3.05, 3.63) is 35.0 Å². The average Bonchev–Trinajstić information content (AvgIpc) is 3.57. The fourth-order valence-electron chi connectivity index (χ4n) is 4.06. The zero-order valence-corrected chi connectivity index (χ0v) is 20.9. The number of anilines is 2. The van der Waals surface area contributed by atoms with Crippen molar-refractivity contribution in [1.29, 1.82) is 0 Å².